The fraction of sp³-hybridized carbons (Fsp3) is 0.222. The second-order valence-corrected chi connectivity index (χ2v) is 8.33. The largest absolute Gasteiger partial charge is 0.351 e. The molecule has 140 valence electrons. The average molecular weight is 404 g/mol. The van der Waals surface area contributed by atoms with Crippen LogP contribution >= 0.6 is 23.1 Å². The monoisotopic (exact) mass is 404 g/mol. The highest BCUT2D eigenvalue weighted by atomic mass is 32.2. The van der Waals surface area contributed by atoms with Crippen LogP contribution in [-0.4, -0.2) is 27.2 Å². The first kappa shape index (κ1) is 19.2. The molecule has 3 amide bonds. The summed E-state index contributed by atoms with van der Waals surface area (Å²) in [7, 11) is 0. The third-order valence-corrected chi connectivity index (χ3v) is 6.61. The summed E-state index contributed by atoms with van der Waals surface area (Å²) in [6.45, 7) is 3.77. The molecule has 0 spiro atoms. The van der Waals surface area contributed by atoms with Gasteiger partial charge in [0, 0.05) is 4.88 Å². The average Bonchev–Trinajstić information content (AvgIpc) is 3.04. The second kappa shape index (κ2) is 8.01. The fourth-order valence-electron chi connectivity index (χ4n) is 2.48. The van der Waals surface area contributed by atoms with Crippen LogP contribution < -0.4 is 11.1 Å². The van der Waals surface area contributed by atoms with Gasteiger partial charge in [-0.3, -0.25) is 10.1 Å². The number of nitrogens with two attached hydrogens (primary N) is 1. The van der Waals surface area contributed by atoms with Gasteiger partial charge in [-0.15, -0.1) is 11.3 Å². The quantitative estimate of drug-likeness (QED) is 0.498. The maximum Gasteiger partial charge on any atom is 0.318 e. The number of thiophene rings is 1. The van der Waals surface area contributed by atoms with Gasteiger partial charge < -0.3 is 5.73 Å². The minimum Gasteiger partial charge on any atom is -0.351 e. The molecule has 9 heteroatoms. The Morgan fingerprint density at radius 2 is 1.93 bits per heavy atom. The van der Waals surface area contributed by atoms with Gasteiger partial charge in [0.2, 0.25) is 5.91 Å². The number of urea groups is 1. The van der Waals surface area contributed by atoms with E-state index in [2.05, 4.69) is 15.3 Å². The molecule has 27 heavy (non-hydrogen) atoms. The lowest BCUT2D eigenvalue weighted by molar-refractivity contribution is -0.120. The molecule has 1 aromatic carbocycles. The number of hydrogen-bond acceptors (Lipinski definition) is 6. The van der Waals surface area contributed by atoms with Crippen LogP contribution in [-0.2, 0) is 4.79 Å². The van der Waals surface area contributed by atoms with E-state index in [1.54, 1.807) is 12.1 Å². The molecule has 0 aliphatic carbocycles. The van der Waals surface area contributed by atoms with Crippen LogP contribution in [0, 0.1) is 11.7 Å². The number of carbonyl (C=O) groups is 2. The third kappa shape index (κ3) is 4.42. The molecule has 2 aromatic heterocycles. The molecular formula is C18H17FN4O2S2. The van der Waals surface area contributed by atoms with E-state index >= 15 is 0 Å². The number of hydrogen-bond donors (Lipinski definition) is 2. The Bertz CT molecular complexity index is 989. The van der Waals surface area contributed by atoms with Crippen molar-refractivity contribution < 1.29 is 14.0 Å². The van der Waals surface area contributed by atoms with Crippen LogP contribution in [0.15, 0.2) is 41.7 Å². The number of imide groups is 1. The van der Waals surface area contributed by atoms with E-state index < -0.39 is 17.2 Å². The number of primary amides is 1. The molecule has 2 heterocycles. The molecule has 3 aromatic rings. The van der Waals surface area contributed by atoms with Gasteiger partial charge in [0.05, 0.1) is 15.5 Å². The Morgan fingerprint density at radius 3 is 2.56 bits per heavy atom. The molecule has 0 aliphatic rings. The van der Waals surface area contributed by atoms with Crippen molar-refractivity contribution in [3.05, 3.63) is 42.5 Å². The predicted octanol–water partition coefficient (Wildman–Crippen LogP) is 3.81. The van der Waals surface area contributed by atoms with Crippen molar-refractivity contribution in [2.75, 3.05) is 0 Å². The third-order valence-electron chi connectivity index (χ3n) is 3.76. The molecule has 0 unspecified atom stereocenters. The molecule has 3 rings (SSSR count). The van der Waals surface area contributed by atoms with E-state index in [9.17, 15) is 14.0 Å². The first-order valence-electron chi connectivity index (χ1n) is 8.12. The summed E-state index contributed by atoms with van der Waals surface area (Å²) in [6.07, 6.45) is 1.44. The van der Waals surface area contributed by atoms with Crippen LogP contribution in [0.2, 0.25) is 0 Å². The highest BCUT2D eigenvalue weighted by Gasteiger charge is 2.26. The van der Waals surface area contributed by atoms with Gasteiger partial charge in [-0.2, -0.15) is 0 Å². The Morgan fingerprint density at radius 1 is 1.22 bits per heavy atom. The number of fused-ring (bicyclic) bond motifs is 1. The summed E-state index contributed by atoms with van der Waals surface area (Å²) in [5.74, 6) is -0.795. The molecule has 0 radical (unpaired) electrons. The predicted molar refractivity (Wildman–Crippen MR) is 105 cm³/mol. The molecule has 0 aliphatic heterocycles. The zero-order chi connectivity index (χ0) is 19.6. The number of nitrogens with zero attached hydrogens (tertiary/aromatic N) is 2. The lowest BCUT2D eigenvalue weighted by Gasteiger charge is -2.18. The summed E-state index contributed by atoms with van der Waals surface area (Å²) in [5, 5.41) is 2.25. The van der Waals surface area contributed by atoms with Gasteiger partial charge in [-0.25, -0.2) is 19.2 Å². The van der Waals surface area contributed by atoms with E-state index in [-0.39, 0.29) is 11.7 Å². The van der Waals surface area contributed by atoms with Gasteiger partial charge in [0.25, 0.3) is 0 Å². The number of benzene rings is 1. The van der Waals surface area contributed by atoms with Crippen molar-refractivity contribution in [2.45, 2.75) is 24.1 Å². The first-order chi connectivity index (χ1) is 12.8. The minimum atomic E-state index is -0.881. The summed E-state index contributed by atoms with van der Waals surface area (Å²) in [4.78, 5) is 32.8. The van der Waals surface area contributed by atoms with Crippen molar-refractivity contribution in [1.29, 1.82) is 0 Å². The van der Waals surface area contributed by atoms with Gasteiger partial charge in [-0.05, 0) is 29.7 Å². The number of halogens is 1. The van der Waals surface area contributed by atoms with Gasteiger partial charge in [-0.1, -0.05) is 37.7 Å². The molecule has 6 nitrogen and oxygen atoms in total. The molecule has 0 saturated heterocycles. The zero-order valence-corrected chi connectivity index (χ0v) is 16.2. The Labute approximate surface area is 163 Å². The van der Waals surface area contributed by atoms with Gasteiger partial charge in [0.15, 0.2) is 0 Å². The van der Waals surface area contributed by atoms with Crippen LogP contribution in [0.4, 0.5) is 9.18 Å². The molecule has 3 N–H and O–H groups in total. The summed E-state index contributed by atoms with van der Waals surface area (Å²) in [6, 6.07) is 7.25. The summed E-state index contributed by atoms with van der Waals surface area (Å²) < 4.78 is 14.0. The maximum atomic E-state index is 13.2. The smallest absolute Gasteiger partial charge is 0.318 e. The number of amides is 3. The highest BCUT2D eigenvalue weighted by Crippen LogP contribution is 2.39. The van der Waals surface area contributed by atoms with Crippen molar-refractivity contribution in [3.63, 3.8) is 0 Å². The normalized spacial score (nSPS) is 12.3. The highest BCUT2D eigenvalue weighted by molar-refractivity contribution is 8.00. The zero-order valence-electron chi connectivity index (χ0n) is 14.6. The van der Waals surface area contributed by atoms with Crippen molar-refractivity contribution in [1.82, 2.24) is 15.3 Å². The Kier molecular flexibility index (Phi) is 5.71. The van der Waals surface area contributed by atoms with Crippen LogP contribution in [0.1, 0.15) is 13.8 Å². The van der Waals surface area contributed by atoms with Crippen LogP contribution in [0.3, 0.4) is 0 Å². The van der Waals surface area contributed by atoms with Crippen molar-refractivity contribution >= 4 is 45.3 Å². The van der Waals surface area contributed by atoms with Crippen molar-refractivity contribution in [2.24, 2.45) is 11.7 Å². The van der Waals surface area contributed by atoms with E-state index in [0.29, 0.717) is 5.03 Å². The molecule has 1 atom stereocenters. The first-order valence-corrected chi connectivity index (χ1v) is 9.82. The lowest BCUT2D eigenvalue weighted by atomic mass is 10.1. The van der Waals surface area contributed by atoms with Crippen LogP contribution in [0.5, 0.6) is 0 Å². The number of aromatic nitrogens is 2. The molecule has 0 fully saturated rings. The SMILES string of the molecule is CC(C)[C@@H](Sc1ncnc2cc(-c3ccc(F)cc3)sc12)C(=O)NC(N)=O. The topological polar surface area (TPSA) is 98.0 Å². The lowest BCUT2D eigenvalue weighted by Crippen LogP contribution is -2.42. The van der Waals surface area contributed by atoms with Gasteiger partial charge in [0.1, 0.15) is 17.2 Å². The van der Waals surface area contributed by atoms with Crippen molar-refractivity contribution in [3.8, 4) is 10.4 Å². The molecule has 0 saturated carbocycles. The van der Waals surface area contributed by atoms with E-state index in [1.165, 1.54) is 41.6 Å². The number of nitrogens with one attached hydrogen (secondary N) is 1. The standard InChI is InChI=1S/C18H17FN4O2S2/c1-9(2)14(16(24)23-18(20)25)27-17-15-12(21-8-22-17)7-13(26-15)10-3-5-11(19)6-4-10/h3-9,14H,1-2H3,(H3,20,23,24,25)/t14-/m1/s1. The second-order valence-electron chi connectivity index (χ2n) is 6.15. The number of thioether (sulfide) groups is 1. The van der Waals surface area contributed by atoms with Crippen LogP contribution in [0.25, 0.3) is 20.7 Å². The number of carbonyl (C=O) groups excluding carboxylic acids is 2. The molecule has 0 bridgehead atoms. The number of rotatable bonds is 5. The summed E-state index contributed by atoms with van der Waals surface area (Å²) >= 11 is 2.74. The van der Waals surface area contributed by atoms with E-state index in [4.69, 9.17) is 5.73 Å². The van der Waals surface area contributed by atoms with E-state index in [0.717, 1.165) is 20.7 Å². The Balaban J connectivity index is 1.95. The maximum absolute atomic E-state index is 13.2. The van der Waals surface area contributed by atoms with Gasteiger partial charge >= 0.3 is 6.03 Å². The fourth-order valence-corrected chi connectivity index (χ4v) is 4.75. The Hall–Kier alpha value is -2.52. The summed E-state index contributed by atoms with van der Waals surface area (Å²) in [5.41, 5.74) is 6.69. The minimum absolute atomic E-state index is 0.0455. The van der Waals surface area contributed by atoms with E-state index in [1.807, 2.05) is 19.9 Å². The molecular weight excluding hydrogens is 387 g/mol.